The van der Waals surface area contributed by atoms with Gasteiger partial charge < -0.3 is 24.4 Å². The van der Waals surface area contributed by atoms with Crippen molar-refractivity contribution in [2.24, 2.45) is 5.92 Å². The highest BCUT2D eigenvalue weighted by Gasteiger charge is 2.25. The zero-order chi connectivity index (χ0) is 19.1. The average Bonchev–Trinajstić information content (AvgIpc) is 3.18. The van der Waals surface area contributed by atoms with E-state index < -0.39 is 0 Å². The van der Waals surface area contributed by atoms with Gasteiger partial charge in [0.2, 0.25) is 0 Å². The first-order valence-electron chi connectivity index (χ1n) is 9.69. The molecule has 0 aliphatic carbocycles. The van der Waals surface area contributed by atoms with E-state index in [1.165, 1.54) is 6.42 Å². The topological polar surface area (TPSA) is 60.0 Å². The Morgan fingerprint density at radius 2 is 2.15 bits per heavy atom. The number of benzene rings is 1. The highest BCUT2D eigenvalue weighted by Crippen LogP contribution is 2.29. The first kappa shape index (κ1) is 20.4. The molecule has 2 fully saturated rings. The highest BCUT2D eigenvalue weighted by molar-refractivity contribution is 6.32. The molecule has 27 heavy (non-hydrogen) atoms. The van der Waals surface area contributed by atoms with E-state index in [9.17, 15) is 4.79 Å². The summed E-state index contributed by atoms with van der Waals surface area (Å²) in [6.07, 6.45) is 3.32. The smallest absolute Gasteiger partial charge is 0.251 e. The van der Waals surface area contributed by atoms with Crippen LogP contribution in [0, 0.1) is 5.92 Å². The van der Waals surface area contributed by atoms with Crippen molar-refractivity contribution in [3.8, 4) is 5.75 Å². The van der Waals surface area contributed by atoms with Crippen molar-refractivity contribution in [2.45, 2.75) is 25.4 Å². The molecule has 0 radical (unpaired) electrons. The van der Waals surface area contributed by atoms with Crippen molar-refractivity contribution in [2.75, 3.05) is 53.1 Å². The fourth-order valence-electron chi connectivity index (χ4n) is 3.59. The Kier molecular flexibility index (Phi) is 7.76. The van der Waals surface area contributed by atoms with Gasteiger partial charge >= 0.3 is 0 Å². The van der Waals surface area contributed by atoms with Crippen LogP contribution in [0.25, 0.3) is 0 Å². The van der Waals surface area contributed by atoms with Gasteiger partial charge in [0.15, 0.2) is 0 Å². The third-order valence-corrected chi connectivity index (χ3v) is 5.45. The fraction of sp³-hybridized carbons (Fsp3) is 0.650. The lowest BCUT2D eigenvalue weighted by Crippen LogP contribution is -2.40. The zero-order valence-corrected chi connectivity index (χ0v) is 16.7. The first-order valence-corrected chi connectivity index (χ1v) is 10.1. The number of likely N-dealkylation sites (tertiary alicyclic amines) is 1. The summed E-state index contributed by atoms with van der Waals surface area (Å²) in [4.78, 5) is 14.6. The van der Waals surface area contributed by atoms with Crippen molar-refractivity contribution < 1.29 is 19.0 Å². The van der Waals surface area contributed by atoms with Crippen LogP contribution in [0.1, 0.15) is 29.6 Å². The molecule has 2 aliphatic rings. The summed E-state index contributed by atoms with van der Waals surface area (Å²) in [5.74, 6) is 1.16. The normalized spacial score (nSPS) is 21.3. The zero-order valence-electron chi connectivity index (χ0n) is 15.9. The van der Waals surface area contributed by atoms with Crippen LogP contribution in [0.4, 0.5) is 0 Å². The molecule has 1 N–H and O–H groups in total. The number of amides is 1. The largest absolute Gasteiger partial charge is 0.489 e. The summed E-state index contributed by atoms with van der Waals surface area (Å²) in [5, 5.41) is 3.26. The van der Waals surface area contributed by atoms with Crippen molar-refractivity contribution in [1.29, 1.82) is 0 Å². The van der Waals surface area contributed by atoms with Gasteiger partial charge in [-0.25, -0.2) is 0 Å². The van der Waals surface area contributed by atoms with Gasteiger partial charge in [0, 0.05) is 45.5 Å². The number of nitrogens with one attached hydrogen (secondary N) is 1. The molecule has 0 aromatic heterocycles. The van der Waals surface area contributed by atoms with Gasteiger partial charge in [-0.15, -0.1) is 0 Å². The lowest BCUT2D eigenvalue weighted by molar-refractivity contribution is 0.0880. The highest BCUT2D eigenvalue weighted by atomic mass is 35.5. The first-order chi connectivity index (χ1) is 13.2. The Morgan fingerprint density at radius 3 is 2.81 bits per heavy atom. The molecule has 0 saturated carbocycles. The number of hydrogen-bond donors (Lipinski definition) is 1. The monoisotopic (exact) mass is 396 g/mol. The van der Waals surface area contributed by atoms with Crippen LogP contribution >= 0.6 is 11.6 Å². The third-order valence-electron chi connectivity index (χ3n) is 5.15. The maximum atomic E-state index is 12.1. The molecular formula is C20H29ClN2O4. The fourth-order valence-corrected chi connectivity index (χ4v) is 3.81. The van der Waals surface area contributed by atoms with E-state index in [1.54, 1.807) is 25.3 Å². The van der Waals surface area contributed by atoms with Crippen molar-refractivity contribution in [3.05, 3.63) is 28.8 Å². The Hall–Kier alpha value is -1.34. The van der Waals surface area contributed by atoms with Gasteiger partial charge in [-0.3, -0.25) is 4.79 Å². The van der Waals surface area contributed by atoms with E-state index in [-0.39, 0.29) is 12.0 Å². The molecule has 6 nitrogen and oxygen atoms in total. The molecule has 1 aromatic carbocycles. The number of piperidine rings is 1. The molecule has 1 atom stereocenters. The lowest BCUT2D eigenvalue weighted by Gasteiger charge is -2.33. The molecule has 2 heterocycles. The SMILES string of the molecule is COCCNC(=O)c1ccc(OC2CCN(C[C@@H]3CCOC3)CC2)c(Cl)c1. The number of carbonyl (C=O) groups excluding carboxylic acids is 1. The summed E-state index contributed by atoms with van der Waals surface area (Å²) in [6.45, 7) is 5.96. The van der Waals surface area contributed by atoms with E-state index in [1.807, 2.05) is 0 Å². The van der Waals surface area contributed by atoms with Crippen molar-refractivity contribution in [1.82, 2.24) is 10.2 Å². The minimum absolute atomic E-state index is 0.162. The molecule has 1 aromatic rings. The molecule has 0 spiro atoms. The number of ether oxygens (including phenoxy) is 3. The van der Waals surface area contributed by atoms with Crippen LogP contribution in [0.5, 0.6) is 5.75 Å². The third kappa shape index (κ3) is 6.07. The van der Waals surface area contributed by atoms with Crippen LogP contribution in [0.3, 0.4) is 0 Å². The predicted molar refractivity (Wildman–Crippen MR) is 105 cm³/mol. The average molecular weight is 397 g/mol. The number of nitrogens with zero attached hydrogens (tertiary/aromatic N) is 1. The van der Waals surface area contributed by atoms with Gasteiger partial charge in [0.25, 0.3) is 5.91 Å². The van der Waals surface area contributed by atoms with E-state index in [0.29, 0.717) is 35.4 Å². The Balaban J connectivity index is 1.46. The molecule has 0 unspecified atom stereocenters. The van der Waals surface area contributed by atoms with Gasteiger partial charge in [0.05, 0.1) is 18.2 Å². The van der Waals surface area contributed by atoms with E-state index in [2.05, 4.69) is 10.2 Å². The summed E-state index contributed by atoms with van der Waals surface area (Å²) in [5.41, 5.74) is 0.525. The Labute approximate surface area is 166 Å². The van der Waals surface area contributed by atoms with Crippen molar-refractivity contribution >= 4 is 17.5 Å². The number of hydrogen-bond acceptors (Lipinski definition) is 5. The summed E-state index contributed by atoms with van der Waals surface area (Å²) < 4.78 is 16.5. The number of carbonyl (C=O) groups is 1. The van der Waals surface area contributed by atoms with E-state index in [4.69, 9.17) is 25.8 Å². The van der Waals surface area contributed by atoms with Crippen LogP contribution < -0.4 is 10.1 Å². The van der Waals surface area contributed by atoms with Crippen LogP contribution in [0.15, 0.2) is 18.2 Å². The molecule has 7 heteroatoms. The summed E-state index contributed by atoms with van der Waals surface area (Å²) in [7, 11) is 1.60. The molecular weight excluding hydrogens is 368 g/mol. The van der Waals surface area contributed by atoms with Gasteiger partial charge in [-0.1, -0.05) is 11.6 Å². The van der Waals surface area contributed by atoms with Crippen LogP contribution in [-0.2, 0) is 9.47 Å². The molecule has 150 valence electrons. The van der Waals surface area contributed by atoms with Crippen molar-refractivity contribution in [3.63, 3.8) is 0 Å². The van der Waals surface area contributed by atoms with E-state index in [0.717, 1.165) is 45.7 Å². The standard InChI is InChI=1S/C20H29ClN2O4/c1-25-11-7-22-20(24)16-2-3-19(18(21)12-16)27-17-4-8-23(9-5-17)13-15-6-10-26-14-15/h2-3,12,15,17H,4-11,13-14H2,1H3,(H,22,24)/t15-/m0/s1. The maximum absolute atomic E-state index is 12.1. The molecule has 2 aliphatic heterocycles. The quantitative estimate of drug-likeness (QED) is 0.684. The Bertz CT molecular complexity index is 614. The van der Waals surface area contributed by atoms with Crippen LogP contribution in [-0.4, -0.2) is 70.0 Å². The molecule has 3 rings (SSSR count). The van der Waals surface area contributed by atoms with Gasteiger partial charge in [-0.05, 0) is 43.4 Å². The molecule has 1 amide bonds. The number of methoxy groups -OCH3 is 1. The number of rotatable bonds is 8. The number of halogens is 1. The summed E-state index contributed by atoms with van der Waals surface area (Å²) >= 11 is 6.34. The molecule has 2 saturated heterocycles. The van der Waals surface area contributed by atoms with Gasteiger partial charge in [0.1, 0.15) is 11.9 Å². The minimum Gasteiger partial charge on any atom is -0.489 e. The lowest BCUT2D eigenvalue weighted by atomic mass is 10.0. The second kappa shape index (κ2) is 10.3. The minimum atomic E-state index is -0.162. The van der Waals surface area contributed by atoms with Crippen LogP contribution in [0.2, 0.25) is 5.02 Å². The van der Waals surface area contributed by atoms with Gasteiger partial charge in [-0.2, -0.15) is 0 Å². The maximum Gasteiger partial charge on any atom is 0.251 e. The second-order valence-corrected chi connectivity index (χ2v) is 7.65. The second-order valence-electron chi connectivity index (χ2n) is 7.24. The molecule has 0 bridgehead atoms. The van der Waals surface area contributed by atoms with E-state index >= 15 is 0 Å². The summed E-state index contributed by atoms with van der Waals surface area (Å²) in [6, 6.07) is 5.20. The Morgan fingerprint density at radius 1 is 1.33 bits per heavy atom. The predicted octanol–water partition coefficient (Wildman–Crippen LogP) is 2.60.